The van der Waals surface area contributed by atoms with Crippen molar-refractivity contribution in [2.45, 2.75) is 20.0 Å². The lowest BCUT2D eigenvalue weighted by molar-refractivity contribution is -0.143. The van der Waals surface area contributed by atoms with Gasteiger partial charge in [-0.1, -0.05) is 17.7 Å². The number of carbonyl (C=O) groups excluding carboxylic acids is 1. The van der Waals surface area contributed by atoms with Crippen molar-refractivity contribution in [3.05, 3.63) is 35.4 Å². The molecule has 0 amide bonds. The van der Waals surface area contributed by atoms with Crippen LogP contribution in [0.15, 0.2) is 30.3 Å². The number of ether oxygens (including phenoxy) is 2. The molecule has 124 valence electrons. The van der Waals surface area contributed by atoms with Crippen LogP contribution < -0.4 is 9.47 Å². The van der Waals surface area contributed by atoms with E-state index < -0.39 is 24.9 Å². The second kappa shape index (κ2) is 7.04. The Morgan fingerprint density at radius 1 is 1.09 bits per heavy atom. The van der Waals surface area contributed by atoms with Crippen LogP contribution in [0.1, 0.15) is 6.92 Å². The van der Waals surface area contributed by atoms with Gasteiger partial charge >= 0.3 is 12.6 Å². The van der Waals surface area contributed by atoms with E-state index in [0.717, 1.165) is 6.92 Å². The monoisotopic (exact) mass is 350 g/mol. The van der Waals surface area contributed by atoms with Gasteiger partial charge in [-0.3, -0.25) is 4.79 Å². The number of benzene rings is 2. The Labute approximate surface area is 133 Å². The zero-order valence-corrected chi connectivity index (χ0v) is 12.5. The van der Waals surface area contributed by atoms with Gasteiger partial charge in [0.25, 0.3) is 6.43 Å². The van der Waals surface area contributed by atoms with Crippen molar-refractivity contribution in [1.82, 2.24) is 0 Å². The first-order chi connectivity index (χ1) is 10.8. The summed E-state index contributed by atoms with van der Waals surface area (Å²) in [7, 11) is 0. The van der Waals surface area contributed by atoms with E-state index in [1.54, 1.807) is 0 Å². The van der Waals surface area contributed by atoms with Gasteiger partial charge in [-0.05, 0) is 36.6 Å². The number of esters is 1. The fourth-order valence-electron chi connectivity index (χ4n) is 1.81. The quantitative estimate of drug-likeness (QED) is 0.437. The average Bonchev–Trinajstić information content (AvgIpc) is 2.46. The molecule has 8 heteroatoms. The van der Waals surface area contributed by atoms with Crippen molar-refractivity contribution in [3.8, 4) is 11.5 Å². The average molecular weight is 351 g/mol. The molecule has 0 aliphatic heterocycles. The maximum Gasteiger partial charge on any atom is 0.387 e. The number of carbonyl (C=O) groups is 1. The highest BCUT2D eigenvalue weighted by molar-refractivity contribution is 6.35. The molecule has 0 bridgehead atoms. The number of alkyl halides is 4. The van der Waals surface area contributed by atoms with Gasteiger partial charge in [0.1, 0.15) is 17.4 Å². The summed E-state index contributed by atoms with van der Waals surface area (Å²) < 4.78 is 58.5. The lowest BCUT2D eigenvalue weighted by atomic mass is 10.1. The number of hydrogen-bond donors (Lipinski definition) is 0. The Balaban J connectivity index is 2.29. The second-order valence-corrected chi connectivity index (χ2v) is 5.12. The van der Waals surface area contributed by atoms with Crippen LogP contribution in [0.25, 0.3) is 10.8 Å². The van der Waals surface area contributed by atoms with Gasteiger partial charge in [0.05, 0.1) is 5.02 Å². The van der Waals surface area contributed by atoms with E-state index in [1.165, 1.54) is 30.3 Å². The van der Waals surface area contributed by atoms with E-state index >= 15 is 0 Å². The number of halogens is 5. The minimum Gasteiger partial charge on any atom is -0.435 e. The Bertz CT molecular complexity index is 721. The van der Waals surface area contributed by atoms with E-state index in [1.807, 2.05) is 0 Å². The van der Waals surface area contributed by atoms with Crippen molar-refractivity contribution in [3.63, 3.8) is 0 Å². The summed E-state index contributed by atoms with van der Waals surface area (Å²) in [4.78, 5) is 11.5. The summed E-state index contributed by atoms with van der Waals surface area (Å²) in [6.45, 7) is -1.94. The first-order valence-electron chi connectivity index (χ1n) is 6.46. The van der Waals surface area contributed by atoms with Crippen molar-refractivity contribution < 1.29 is 31.8 Å². The molecular weight excluding hydrogens is 340 g/mol. The Morgan fingerprint density at radius 2 is 1.78 bits per heavy atom. The SMILES string of the molecule is CC(C(=O)Oc1ccc2cc(OC(F)F)cc(Cl)c2c1)C(F)F. The number of fused-ring (bicyclic) bond motifs is 1. The molecule has 0 radical (unpaired) electrons. The first kappa shape index (κ1) is 17.3. The molecular formula is C15H11ClF4O3. The summed E-state index contributed by atoms with van der Waals surface area (Å²) in [5.41, 5.74) is 0. The second-order valence-electron chi connectivity index (χ2n) is 4.71. The van der Waals surface area contributed by atoms with Crippen LogP contribution in [0.4, 0.5) is 17.6 Å². The fourth-order valence-corrected chi connectivity index (χ4v) is 2.08. The Kier molecular flexibility index (Phi) is 5.30. The molecule has 0 fully saturated rings. The Hall–Kier alpha value is -2.02. The van der Waals surface area contributed by atoms with Gasteiger partial charge in [0.15, 0.2) is 0 Å². The summed E-state index contributed by atoms with van der Waals surface area (Å²) >= 11 is 5.98. The van der Waals surface area contributed by atoms with E-state index in [4.69, 9.17) is 16.3 Å². The van der Waals surface area contributed by atoms with Crippen LogP contribution in [0, 0.1) is 5.92 Å². The van der Waals surface area contributed by atoms with Gasteiger partial charge in [-0.2, -0.15) is 8.78 Å². The summed E-state index contributed by atoms with van der Waals surface area (Å²) in [6.07, 6.45) is -2.83. The van der Waals surface area contributed by atoms with E-state index in [-0.39, 0.29) is 16.5 Å². The molecule has 0 saturated heterocycles. The molecule has 0 saturated carbocycles. The van der Waals surface area contributed by atoms with Crippen molar-refractivity contribution in [2.24, 2.45) is 5.92 Å². The predicted octanol–water partition coefficient (Wildman–Crippen LogP) is 4.90. The molecule has 2 rings (SSSR count). The highest BCUT2D eigenvalue weighted by atomic mass is 35.5. The minimum atomic E-state index is -2.99. The molecule has 1 unspecified atom stereocenters. The van der Waals surface area contributed by atoms with Crippen molar-refractivity contribution in [1.29, 1.82) is 0 Å². The predicted molar refractivity (Wildman–Crippen MR) is 76.4 cm³/mol. The molecule has 0 N–H and O–H groups in total. The molecule has 2 aromatic carbocycles. The van der Waals surface area contributed by atoms with Crippen LogP contribution >= 0.6 is 11.6 Å². The van der Waals surface area contributed by atoms with E-state index in [0.29, 0.717) is 10.8 Å². The molecule has 2 aromatic rings. The first-order valence-corrected chi connectivity index (χ1v) is 6.83. The van der Waals surface area contributed by atoms with Gasteiger partial charge < -0.3 is 9.47 Å². The van der Waals surface area contributed by atoms with E-state index in [2.05, 4.69) is 4.74 Å². The summed E-state index contributed by atoms with van der Waals surface area (Å²) in [5.74, 6) is -2.73. The number of hydrogen-bond acceptors (Lipinski definition) is 3. The van der Waals surface area contributed by atoms with Crippen LogP contribution in [-0.2, 0) is 4.79 Å². The maximum absolute atomic E-state index is 12.5. The zero-order chi connectivity index (χ0) is 17.1. The molecule has 0 aliphatic rings. The number of rotatable bonds is 5. The summed E-state index contributed by atoms with van der Waals surface area (Å²) in [5, 5.41) is 0.969. The molecule has 0 spiro atoms. The Morgan fingerprint density at radius 3 is 2.39 bits per heavy atom. The topological polar surface area (TPSA) is 35.5 Å². The molecule has 0 aliphatic carbocycles. The van der Waals surface area contributed by atoms with Crippen LogP contribution in [0.3, 0.4) is 0 Å². The highest BCUT2D eigenvalue weighted by Gasteiger charge is 2.25. The zero-order valence-electron chi connectivity index (χ0n) is 11.7. The molecule has 23 heavy (non-hydrogen) atoms. The minimum absolute atomic E-state index is 0.0272. The lowest BCUT2D eigenvalue weighted by Gasteiger charge is -2.12. The third-order valence-electron chi connectivity index (χ3n) is 3.04. The molecule has 0 aromatic heterocycles. The van der Waals surface area contributed by atoms with Crippen molar-refractivity contribution in [2.75, 3.05) is 0 Å². The molecule has 0 heterocycles. The van der Waals surface area contributed by atoms with Gasteiger partial charge in [-0.25, -0.2) is 8.78 Å². The third-order valence-corrected chi connectivity index (χ3v) is 3.35. The lowest BCUT2D eigenvalue weighted by Crippen LogP contribution is -2.23. The summed E-state index contributed by atoms with van der Waals surface area (Å²) in [6, 6.07) is 6.68. The fraction of sp³-hybridized carbons (Fsp3) is 0.267. The van der Waals surface area contributed by atoms with Crippen LogP contribution in [0.5, 0.6) is 11.5 Å². The smallest absolute Gasteiger partial charge is 0.387 e. The van der Waals surface area contributed by atoms with Crippen LogP contribution in [-0.4, -0.2) is 19.0 Å². The highest BCUT2D eigenvalue weighted by Crippen LogP contribution is 2.32. The standard InChI is InChI=1S/C15H11ClF4O3/c1-7(13(17)18)14(21)22-9-3-2-8-4-10(23-15(19)20)6-12(16)11(8)5-9/h2-7,13,15H,1H3. The van der Waals surface area contributed by atoms with Gasteiger partial charge in [0, 0.05) is 5.39 Å². The maximum atomic E-state index is 12.5. The largest absolute Gasteiger partial charge is 0.435 e. The molecule has 1 atom stereocenters. The normalized spacial score (nSPS) is 12.7. The van der Waals surface area contributed by atoms with E-state index in [9.17, 15) is 22.4 Å². The third kappa shape index (κ3) is 4.25. The van der Waals surface area contributed by atoms with Gasteiger partial charge in [0.2, 0.25) is 0 Å². The van der Waals surface area contributed by atoms with Crippen LogP contribution in [0.2, 0.25) is 5.02 Å². The molecule has 3 nitrogen and oxygen atoms in total. The van der Waals surface area contributed by atoms with Crippen molar-refractivity contribution >= 4 is 28.3 Å². The van der Waals surface area contributed by atoms with Gasteiger partial charge in [-0.15, -0.1) is 0 Å².